The van der Waals surface area contributed by atoms with E-state index in [1.165, 1.54) is 11.9 Å². The molecule has 1 aliphatic heterocycles. The second kappa shape index (κ2) is 4.62. The van der Waals surface area contributed by atoms with E-state index in [-0.39, 0.29) is 6.03 Å². The summed E-state index contributed by atoms with van der Waals surface area (Å²) < 4.78 is 3.52. The number of aryl methyl sites for hydroxylation is 2. The Hall–Kier alpha value is -1.95. The Labute approximate surface area is 115 Å². The number of amides is 2. The molecule has 0 spiro atoms. The third-order valence-corrected chi connectivity index (χ3v) is 4.04. The molecular formula is C13H14N4OS. The first-order valence-corrected chi connectivity index (χ1v) is 6.76. The average molecular weight is 274 g/mol. The van der Waals surface area contributed by atoms with Crippen LogP contribution in [-0.2, 0) is 13.6 Å². The first kappa shape index (κ1) is 12.1. The van der Waals surface area contributed by atoms with Gasteiger partial charge in [0.2, 0.25) is 0 Å². The number of rotatable bonds is 2. The maximum atomic E-state index is 12.0. The Kier molecular flexibility index (Phi) is 2.94. The molecule has 0 unspecified atom stereocenters. The Morgan fingerprint density at radius 1 is 1.37 bits per heavy atom. The second-order valence-electron chi connectivity index (χ2n) is 4.45. The summed E-state index contributed by atoms with van der Waals surface area (Å²) in [5.74, 6) is 0. The van der Waals surface area contributed by atoms with Crippen LogP contribution in [0.15, 0.2) is 35.2 Å². The van der Waals surface area contributed by atoms with Gasteiger partial charge in [-0.15, -0.1) is 0 Å². The summed E-state index contributed by atoms with van der Waals surface area (Å²) in [5, 5.41) is 7.19. The van der Waals surface area contributed by atoms with Gasteiger partial charge >= 0.3 is 6.03 Å². The molecule has 6 heteroatoms. The molecule has 0 saturated heterocycles. The van der Waals surface area contributed by atoms with Gasteiger partial charge in [-0.05, 0) is 37.1 Å². The van der Waals surface area contributed by atoms with Crippen molar-refractivity contribution in [3.05, 3.63) is 41.7 Å². The van der Waals surface area contributed by atoms with Crippen LogP contribution in [0.2, 0.25) is 0 Å². The number of nitrogens with zero attached hydrogens (tertiary/aromatic N) is 3. The lowest BCUT2D eigenvalue weighted by Gasteiger charge is -2.27. The minimum atomic E-state index is -0.0949. The van der Waals surface area contributed by atoms with E-state index in [1.807, 2.05) is 49.0 Å². The molecule has 5 nitrogen and oxygen atoms in total. The molecule has 19 heavy (non-hydrogen) atoms. The molecule has 1 aromatic heterocycles. The summed E-state index contributed by atoms with van der Waals surface area (Å²) in [7, 11) is 1.89. The highest BCUT2D eigenvalue weighted by atomic mass is 32.2. The molecule has 1 aromatic carbocycles. The van der Waals surface area contributed by atoms with Gasteiger partial charge in [-0.2, -0.15) is 5.10 Å². The number of fused-ring (bicyclic) bond motifs is 1. The van der Waals surface area contributed by atoms with E-state index in [0.29, 0.717) is 6.54 Å². The Morgan fingerprint density at radius 3 is 2.89 bits per heavy atom. The lowest BCUT2D eigenvalue weighted by Crippen LogP contribution is -2.32. The molecule has 2 aromatic rings. The largest absolute Gasteiger partial charge is 0.332 e. The highest BCUT2D eigenvalue weighted by molar-refractivity contribution is 7.97. The number of aromatic nitrogens is 2. The van der Waals surface area contributed by atoms with Crippen LogP contribution in [-0.4, -0.2) is 20.1 Å². The van der Waals surface area contributed by atoms with Crippen LogP contribution in [0.1, 0.15) is 11.4 Å². The Bertz CT molecular complexity index is 637. The van der Waals surface area contributed by atoms with Crippen LogP contribution in [0.4, 0.5) is 10.5 Å². The fraction of sp³-hybridized carbons (Fsp3) is 0.231. The van der Waals surface area contributed by atoms with Crippen LogP contribution in [0.3, 0.4) is 0 Å². The van der Waals surface area contributed by atoms with Gasteiger partial charge in [0.15, 0.2) is 0 Å². The Balaban J connectivity index is 1.83. The topological polar surface area (TPSA) is 50.2 Å². The molecule has 1 aliphatic rings. The molecule has 1 N–H and O–H groups in total. The number of nitrogens with one attached hydrogen (secondary N) is 1. The van der Waals surface area contributed by atoms with Crippen molar-refractivity contribution in [1.29, 1.82) is 0 Å². The van der Waals surface area contributed by atoms with Gasteiger partial charge in [0, 0.05) is 7.05 Å². The van der Waals surface area contributed by atoms with Crippen LogP contribution in [0, 0.1) is 6.92 Å². The smallest absolute Gasteiger partial charge is 0.306 e. The number of hydrogen-bond acceptors (Lipinski definition) is 3. The molecule has 0 fully saturated rings. The number of anilines is 1. The lowest BCUT2D eigenvalue weighted by atomic mass is 10.3. The maximum absolute atomic E-state index is 12.0. The van der Waals surface area contributed by atoms with Crippen molar-refractivity contribution in [2.45, 2.75) is 18.4 Å². The number of carbonyl (C=O) groups is 1. The average Bonchev–Trinajstić information content (AvgIpc) is 2.69. The highest BCUT2D eigenvalue weighted by Crippen LogP contribution is 2.35. The van der Waals surface area contributed by atoms with Crippen molar-refractivity contribution in [2.75, 3.05) is 5.32 Å². The number of carbonyl (C=O) groups excluding carboxylic acids is 1. The number of urea groups is 1. The van der Waals surface area contributed by atoms with Crippen molar-refractivity contribution in [2.24, 2.45) is 7.05 Å². The standard InChI is InChI=1S/C13H14N4OS/c1-9-7-10(16(2)15-9)8-17-13(18)14-11-5-3-4-6-12(11)19-17/h3-7H,8H2,1-2H3,(H,14,18). The van der Waals surface area contributed by atoms with Crippen molar-refractivity contribution >= 4 is 23.7 Å². The van der Waals surface area contributed by atoms with Gasteiger partial charge in [-0.25, -0.2) is 4.79 Å². The molecule has 0 bridgehead atoms. The summed E-state index contributed by atoms with van der Waals surface area (Å²) in [5.41, 5.74) is 2.84. The minimum Gasteiger partial charge on any atom is -0.306 e. The van der Waals surface area contributed by atoms with E-state index in [1.54, 1.807) is 4.31 Å². The van der Waals surface area contributed by atoms with E-state index >= 15 is 0 Å². The number of hydrogen-bond donors (Lipinski definition) is 1. The minimum absolute atomic E-state index is 0.0949. The van der Waals surface area contributed by atoms with Crippen molar-refractivity contribution in [3.63, 3.8) is 0 Å². The Morgan fingerprint density at radius 2 is 2.16 bits per heavy atom. The van der Waals surface area contributed by atoms with Gasteiger partial charge < -0.3 is 5.32 Å². The molecule has 2 amide bonds. The van der Waals surface area contributed by atoms with Gasteiger partial charge in [-0.1, -0.05) is 12.1 Å². The van der Waals surface area contributed by atoms with Crippen LogP contribution >= 0.6 is 11.9 Å². The van der Waals surface area contributed by atoms with Crippen LogP contribution in [0.25, 0.3) is 0 Å². The lowest BCUT2D eigenvalue weighted by molar-refractivity contribution is 0.236. The fourth-order valence-corrected chi connectivity index (χ4v) is 2.97. The van der Waals surface area contributed by atoms with Gasteiger partial charge in [0.25, 0.3) is 0 Å². The molecule has 98 valence electrons. The van der Waals surface area contributed by atoms with Crippen molar-refractivity contribution in [3.8, 4) is 0 Å². The fourth-order valence-electron chi connectivity index (χ4n) is 2.05. The molecule has 2 heterocycles. The summed E-state index contributed by atoms with van der Waals surface area (Å²) in [4.78, 5) is 13.1. The second-order valence-corrected chi connectivity index (χ2v) is 5.52. The summed E-state index contributed by atoms with van der Waals surface area (Å²) in [6.45, 7) is 2.48. The normalized spacial score (nSPS) is 14.2. The number of para-hydroxylation sites is 1. The summed E-state index contributed by atoms with van der Waals surface area (Å²) in [6.07, 6.45) is 0. The molecule has 0 aliphatic carbocycles. The molecule has 3 rings (SSSR count). The first-order valence-electron chi connectivity index (χ1n) is 5.98. The van der Waals surface area contributed by atoms with E-state index in [0.717, 1.165) is 22.0 Å². The zero-order valence-electron chi connectivity index (χ0n) is 10.8. The summed E-state index contributed by atoms with van der Waals surface area (Å²) in [6, 6.07) is 9.69. The van der Waals surface area contributed by atoms with E-state index in [9.17, 15) is 4.79 Å². The molecule has 0 saturated carbocycles. The van der Waals surface area contributed by atoms with Crippen molar-refractivity contribution < 1.29 is 4.79 Å². The molecule has 0 radical (unpaired) electrons. The zero-order chi connectivity index (χ0) is 13.4. The zero-order valence-corrected chi connectivity index (χ0v) is 11.6. The van der Waals surface area contributed by atoms with Crippen molar-refractivity contribution in [1.82, 2.24) is 14.1 Å². The number of benzene rings is 1. The van der Waals surface area contributed by atoms with Gasteiger partial charge in [-0.3, -0.25) is 8.99 Å². The van der Waals surface area contributed by atoms with E-state index in [2.05, 4.69) is 10.4 Å². The monoisotopic (exact) mass is 274 g/mol. The molecule has 0 atom stereocenters. The quantitative estimate of drug-likeness (QED) is 0.857. The predicted molar refractivity (Wildman–Crippen MR) is 74.8 cm³/mol. The third kappa shape index (κ3) is 2.31. The maximum Gasteiger partial charge on any atom is 0.332 e. The predicted octanol–water partition coefficient (Wildman–Crippen LogP) is 2.78. The highest BCUT2D eigenvalue weighted by Gasteiger charge is 2.24. The SMILES string of the molecule is Cc1cc(CN2Sc3ccccc3NC2=O)n(C)n1. The summed E-state index contributed by atoms with van der Waals surface area (Å²) >= 11 is 1.46. The van der Waals surface area contributed by atoms with Gasteiger partial charge in [0.1, 0.15) is 0 Å². The van der Waals surface area contributed by atoms with Crippen LogP contribution < -0.4 is 5.32 Å². The van der Waals surface area contributed by atoms with Crippen LogP contribution in [0.5, 0.6) is 0 Å². The van der Waals surface area contributed by atoms with Gasteiger partial charge in [0.05, 0.1) is 28.5 Å². The van der Waals surface area contributed by atoms with E-state index in [4.69, 9.17) is 0 Å². The molecular weight excluding hydrogens is 260 g/mol. The first-order chi connectivity index (χ1) is 9.13. The van der Waals surface area contributed by atoms with E-state index < -0.39 is 0 Å². The third-order valence-electron chi connectivity index (χ3n) is 2.97.